The molecule has 0 saturated carbocycles. The van der Waals surface area contributed by atoms with E-state index in [1.165, 1.54) is 0 Å². The monoisotopic (exact) mass is 279 g/mol. The van der Waals surface area contributed by atoms with Gasteiger partial charge in [0.15, 0.2) is 5.84 Å². The van der Waals surface area contributed by atoms with E-state index in [1.807, 2.05) is 12.1 Å². The van der Waals surface area contributed by atoms with Crippen LogP contribution < -0.4 is 15.8 Å². The Morgan fingerprint density at radius 2 is 2.40 bits per heavy atom. The van der Waals surface area contributed by atoms with Crippen molar-refractivity contribution in [3.05, 3.63) is 29.3 Å². The second-order valence-electron chi connectivity index (χ2n) is 4.86. The Morgan fingerprint density at radius 1 is 1.60 bits per heavy atom. The second kappa shape index (κ2) is 6.58. The average Bonchev–Trinajstić information content (AvgIpc) is 2.89. The number of oxime groups is 1. The van der Waals surface area contributed by atoms with Crippen LogP contribution >= 0.6 is 0 Å². The highest BCUT2D eigenvalue weighted by molar-refractivity contribution is 5.97. The number of nitrogens with one attached hydrogen (secondary N) is 1. The van der Waals surface area contributed by atoms with Crippen molar-refractivity contribution in [1.82, 2.24) is 5.32 Å². The van der Waals surface area contributed by atoms with Crippen LogP contribution in [0, 0.1) is 0 Å². The second-order valence-corrected chi connectivity index (χ2v) is 4.86. The van der Waals surface area contributed by atoms with Crippen molar-refractivity contribution < 1.29 is 14.7 Å². The molecule has 1 saturated heterocycles. The first-order valence-corrected chi connectivity index (χ1v) is 6.65. The van der Waals surface area contributed by atoms with Crippen LogP contribution in [0.15, 0.2) is 23.4 Å². The summed E-state index contributed by atoms with van der Waals surface area (Å²) in [6, 6.07) is 5.78. The first kappa shape index (κ1) is 14.6. The van der Waals surface area contributed by atoms with E-state index in [2.05, 4.69) is 17.4 Å². The Balaban J connectivity index is 2.12. The van der Waals surface area contributed by atoms with Crippen molar-refractivity contribution in [2.24, 2.45) is 10.9 Å². The Labute approximate surface area is 118 Å². The molecule has 4 N–H and O–H groups in total. The van der Waals surface area contributed by atoms with Crippen molar-refractivity contribution in [3.8, 4) is 5.75 Å². The summed E-state index contributed by atoms with van der Waals surface area (Å²) < 4.78 is 10.9. The molecule has 0 aliphatic carbocycles. The zero-order valence-electron chi connectivity index (χ0n) is 11.8. The number of amidine groups is 1. The van der Waals surface area contributed by atoms with Crippen LogP contribution in [0.1, 0.15) is 24.5 Å². The van der Waals surface area contributed by atoms with Gasteiger partial charge in [-0.25, -0.2) is 0 Å². The SMILES string of the molecule is COc1ccc(/C(N)=N/O)cc1CNC1CCOC1C. The fourth-order valence-corrected chi connectivity index (χ4v) is 2.37. The molecule has 1 aliphatic heterocycles. The number of methoxy groups -OCH3 is 1. The molecule has 6 nitrogen and oxygen atoms in total. The number of ether oxygens (including phenoxy) is 2. The molecule has 110 valence electrons. The van der Waals surface area contributed by atoms with Crippen LogP contribution in [-0.4, -0.2) is 36.9 Å². The molecular weight excluding hydrogens is 258 g/mol. The standard InChI is InChI=1S/C14H21N3O3/c1-9-12(5-6-20-9)16-8-11-7-10(14(15)17-18)3-4-13(11)19-2/h3-4,7,9,12,16,18H,5-6,8H2,1-2H3,(H2,15,17). The maximum Gasteiger partial charge on any atom is 0.170 e. The Hall–Kier alpha value is -1.79. The van der Waals surface area contributed by atoms with Gasteiger partial charge in [0.05, 0.1) is 13.2 Å². The van der Waals surface area contributed by atoms with Crippen LogP contribution in [0.5, 0.6) is 5.75 Å². The summed E-state index contributed by atoms with van der Waals surface area (Å²) in [4.78, 5) is 0. The molecule has 0 amide bonds. The summed E-state index contributed by atoms with van der Waals surface area (Å²) >= 11 is 0. The maximum absolute atomic E-state index is 8.74. The van der Waals surface area contributed by atoms with Crippen LogP contribution in [0.4, 0.5) is 0 Å². The third-order valence-electron chi connectivity index (χ3n) is 3.61. The quantitative estimate of drug-likeness (QED) is 0.324. The van der Waals surface area contributed by atoms with Gasteiger partial charge in [-0.15, -0.1) is 0 Å². The molecule has 0 spiro atoms. The lowest BCUT2D eigenvalue weighted by Gasteiger charge is -2.17. The number of nitrogens with zero attached hydrogens (tertiary/aromatic N) is 1. The molecule has 2 unspecified atom stereocenters. The first-order chi connectivity index (χ1) is 9.65. The predicted molar refractivity (Wildman–Crippen MR) is 76.2 cm³/mol. The van der Waals surface area contributed by atoms with Gasteiger partial charge in [-0.3, -0.25) is 0 Å². The first-order valence-electron chi connectivity index (χ1n) is 6.65. The van der Waals surface area contributed by atoms with E-state index in [9.17, 15) is 0 Å². The van der Waals surface area contributed by atoms with E-state index < -0.39 is 0 Å². The van der Waals surface area contributed by atoms with Crippen LogP contribution in [0.2, 0.25) is 0 Å². The number of hydrogen-bond donors (Lipinski definition) is 3. The van der Waals surface area contributed by atoms with Crippen molar-refractivity contribution in [3.63, 3.8) is 0 Å². The van der Waals surface area contributed by atoms with Crippen molar-refractivity contribution >= 4 is 5.84 Å². The van der Waals surface area contributed by atoms with E-state index in [0.717, 1.165) is 24.3 Å². The maximum atomic E-state index is 8.74. The summed E-state index contributed by atoms with van der Waals surface area (Å²) in [5.41, 5.74) is 7.25. The normalized spacial score (nSPS) is 23.0. The zero-order chi connectivity index (χ0) is 14.5. The molecule has 0 radical (unpaired) electrons. The molecule has 1 aromatic carbocycles. The summed E-state index contributed by atoms with van der Waals surface area (Å²) in [5, 5.41) is 15.2. The lowest BCUT2D eigenvalue weighted by Crippen LogP contribution is -2.34. The number of rotatable bonds is 5. The highest BCUT2D eigenvalue weighted by atomic mass is 16.5. The van der Waals surface area contributed by atoms with Gasteiger partial charge < -0.3 is 25.7 Å². The molecule has 20 heavy (non-hydrogen) atoms. The van der Waals surface area contributed by atoms with E-state index in [-0.39, 0.29) is 11.9 Å². The van der Waals surface area contributed by atoms with Crippen LogP contribution in [-0.2, 0) is 11.3 Å². The average molecular weight is 279 g/mol. The summed E-state index contributed by atoms with van der Waals surface area (Å²) in [7, 11) is 1.63. The summed E-state index contributed by atoms with van der Waals surface area (Å²) in [6.07, 6.45) is 1.22. The van der Waals surface area contributed by atoms with Crippen LogP contribution in [0.25, 0.3) is 0 Å². The predicted octanol–water partition coefficient (Wildman–Crippen LogP) is 1.06. The molecule has 1 aliphatic rings. The number of hydrogen-bond acceptors (Lipinski definition) is 5. The topological polar surface area (TPSA) is 89.1 Å². The highest BCUT2D eigenvalue weighted by Gasteiger charge is 2.23. The fourth-order valence-electron chi connectivity index (χ4n) is 2.37. The van der Waals surface area contributed by atoms with Crippen LogP contribution in [0.3, 0.4) is 0 Å². The van der Waals surface area contributed by atoms with Gasteiger partial charge in [0.25, 0.3) is 0 Å². The van der Waals surface area contributed by atoms with E-state index in [4.69, 9.17) is 20.4 Å². The molecule has 6 heteroatoms. The molecule has 0 bridgehead atoms. The Kier molecular flexibility index (Phi) is 4.81. The van der Waals surface area contributed by atoms with E-state index in [1.54, 1.807) is 13.2 Å². The largest absolute Gasteiger partial charge is 0.496 e. The van der Waals surface area contributed by atoms with Gasteiger partial charge in [-0.1, -0.05) is 5.16 Å². The van der Waals surface area contributed by atoms with Gasteiger partial charge in [0.1, 0.15) is 5.75 Å². The smallest absolute Gasteiger partial charge is 0.170 e. The minimum Gasteiger partial charge on any atom is -0.496 e. The molecule has 1 fully saturated rings. The zero-order valence-corrected chi connectivity index (χ0v) is 11.8. The van der Waals surface area contributed by atoms with Crippen molar-refractivity contribution in [2.75, 3.05) is 13.7 Å². The van der Waals surface area contributed by atoms with Crippen molar-refractivity contribution in [1.29, 1.82) is 0 Å². The van der Waals surface area contributed by atoms with Gasteiger partial charge in [-0.05, 0) is 31.5 Å². The summed E-state index contributed by atoms with van der Waals surface area (Å²) in [5.74, 6) is 0.866. The fraction of sp³-hybridized carbons (Fsp3) is 0.500. The Morgan fingerprint density at radius 3 is 3.00 bits per heavy atom. The van der Waals surface area contributed by atoms with Gasteiger partial charge in [-0.2, -0.15) is 0 Å². The van der Waals surface area contributed by atoms with Gasteiger partial charge in [0, 0.05) is 30.3 Å². The minimum atomic E-state index is 0.0893. The molecule has 0 aromatic heterocycles. The molecular formula is C14H21N3O3. The molecule has 1 aromatic rings. The van der Waals surface area contributed by atoms with E-state index >= 15 is 0 Å². The highest BCUT2D eigenvalue weighted by Crippen LogP contribution is 2.21. The lowest BCUT2D eigenvalue weighted by atomic mass is 10.1. The summed E-state index contributed by atoms with van der Waals surface area (Å²) in [6.45, 7) is 3.50. The third-order valence-corrected chi connectivity index (χ3v) is 3.61. The van der Waals surface area contributed by atoms with Gasteiger partial charge in [0.2, 0.25) is 0 Å². The third kappa shape index (κ3) is 3.20. The number of benzene rings is 1. The molecule has 2 rings (SSSR count). The minimum absolute atomic E-state index is 0.0893. The lowest BCUT2D eigenvalue weighted by molar-refractivity contribution is 0.113. The molecule has 1 heterocycles. The molecule has 2 atom stereocenters. The van der Waals surface area contributed by atoms with Gasteiger partial charge >= 0.3 is 0 Å². The van der Waals surface area contributed by atoms with Crippen molar-refractivity contribution in [2.45, 2.75) is 32.0 Å². The number of nitrogens with two attached hydrogens (primary N) is 1. The Bertz CT molecular complexity index is 491. The van der Waals surface area contributed by atoms with E-state index in [0.29, 0.717) is 18.2 Å².